The van der Waals surface area contributed by atoms with E-state index in [9.17, 15) is 0 Å². The van der Waals surface area contributed by atoms with Gasteiger partial charge >= 0.3 is 0 Å². The summed E-state index contributed by atoms with van der Waals surface area (Å²) in [4.78, 5) is 13.6. The Hall–Kier alpha value is -3.35. The Bertz CT molecular complexity index is 917. The number of anilines is 3. The first kappa shape index (κ1) is 19.4. The Morgan fingerprint density at radius 1 is 0.857 bits per heavy atom. The summed E-state index contributed by atoms with van der Waals surface area (Å²) in [6.45, 7) is 6.18. The third kappa shape index (κ3) is 5.09. The molecule has 7 heteroatoms. The molecule has 0 atom stereocenters. The van der Waals surface area contributed by atoms with E-state index in [-0.39, 0.29) is 5.54 Å². The number of aromatic nitrogens is 3. The van der Waals surface area contributed by atoms with Gasteiger partial charge < -0.3 is 20.1 Å². The zero-order valence-electron chi connectivity index (χ0n) is 16.8. The van der Waals surface area contributed by atoms with Crippen molar-refractivity contribution in [3.05, 3.63) is 48.7 Å². The molecule has 1 aromatic carbocycles. The summed E-state index contributed by atoms with van der Waals surface area (Å²) in [5, 5.41) is 6.63. The third-order valence-corrected chi connectivity index (χ3v) is 3.76. The van der Waals surface area contributed by atoms with Crippen molar-refractivity contribution in [2.45, 2.75) is 26.3 Å². The zero-order valence-corrected chi connectivity index (χ0v) is 16.8. The van der Waals surface area contributed by atoms with E-state index in [4.69, 9.17) is 9.47 Å². The highest BCUT2D eigenvalue weighted by molar-refractivity contribution is 5.67. The molecule has 7 nitrogen and oxygen atoms in total. The highest BCUT2D eigenvalue weighted by Crippen LogP contribution is 2.29. The fourth-order valence-electron chi connectivity index (χ4n) is 2.58. The van der Waals surface area contributed by atoms with Gasteiger partial charge in [0.1, 0.15) is 17.3 Å². The van der Waals surface area contributed by atoms with Crippen molar-refractivity contribution in [1.29, 1.82) is 0 Å². The summed E-state index contributed by atoms with van der Waals surface area (Å²) in [6, 6.07) is 13.2. The highest BCUT2D eigenvalue weighted by atomic mass is 16.5. The van der Waals surface area contributed by atoms with Crippen molar-refractivity contribution < 1.29 is 9.47 Å². The first-order valence-electron chi connectivity index (χ1n) is 8.95. The van der Waals surface area contributed by atoms with Gasteiger partial charge in [0.05, 0.1) is 25.6 Å². The number of hydrogen-bond donors (Lipinski definition) is 2. The Morgan fingerprint density at radius 3 is 2.14 bits per heavy atom. The number of ether oxygens (including phenoxy) is 2. The standard InChI is InChI=1S/C21H25N5O2/c1-21(2,3)26-20-24-18(17-8-6-7-9-22-17)13-19(25-20)23-14-10-15(27-4)12-16(11-14)28-5/h6-13H,1-5H3,(H2,23,24,25,26). The van der Waals surface area contributed by atoms with Crippen LogP contribution in [0.25, 0.3) is 11.4 Å². The van der Waals surface area contributed by atoms with E-state index >= 15 is 0 Å². The van der Waals surface area contributed by atoms with E-state index in [2.05, 4.69) is 46.4 Å². The van der Waals surface area contributed by atoms with Crippen LogP contribution in [-0.4, -0.2) is 34.7 Å². The summed E-state index contributed by atoms with van der Waals surface area (Å²) < 4.78 is 10.7. The molecule has 0 aliphatic rings. The maximum absolute atomic E-state index is 5.34. The molecular formula is C21H25N5O2. The lowest BCUT2D eigenvalue weighted by molar-refractivity contribution is 0.395. The van der Waals surface area contributed by atoms with E-state index in [0.29, 0.717) is 23.3 Å². The monoisotopic (exact) mass is 379 g/mol. The van der Waals surface area contributed by atoms with E-state index < -0.39 is 0 Å². The molecular weight excluding hydrogens is 354 g/mol. The van der Waals surface area contributed by atoms with Gasteiger partial charge in [-0.3, -0.25) is 4.98 Å². The van der Waals surface area contributed by atoms with Crippen molar-refractivity contribution in [2.75, 3.05) is 24.9 Å². The third-order valence-electron chi connectivity index (χ3n) is 3.76. The molecule has 3 aromatic rings. The van der Waals surface area contributed by atoms with Gasteiger partial charge in [-0.1, -0.05) is 6.07 Å². The fraction of sp³-hybridized carbons (Fsp3) is 0.286. The SMILES string of the molecule is COc1cc(Nc2cc(-c3ccccn3)nc(NC(C)(C)C)n2)cc(OC)c1. The quantitative estimate of drug-likeness (QED) is 0.652. The first-order chi connectivity index (χ1) is 13.4. The Balaban J connectivity index is 2.01. The summed E-state index contributed by atoms with van der Waals surface area (Å²) in [5.74, 6) is 2.54. The van der Waals surface area contributed by atoms with Crippen molar-refractivity contribution >= 4 is 17.5 Å². The minimum atomic E-state index is -0.181. The molecule has 0 saturated heterocycles. The number of benzene rings is 1. The van der Waals surface area contributed by atoms with Crippen LogP contribution in [-0.2, 0) is 0 Å². The van der Waals surface area contributed by atoms with Crippen molar-refractivity contribution in [2.24, 2.45) is 0 Å². The minimum absolute atomic E-state index is 0.181. The molecule has 0 aliphatic heterocycles. The smallest absolute Gasteiger partial charge is 0.225 e. The molecule has 0 spiro atoms. The largest absolute Gasteiger partial charge is 0.497 e. The van der Waals surface area contributed by atoms with Crippen LogP contribution in [0.2, 0.25) is 0 Å². The first-order valence-corrected chi connectivity index (χ1v) is 8.95. The Kier molecular flexibility index (Phi) is 5.63. The molecule has 2 aromatic heterocycles. The van der Waals surface area contributed by atoms with Crippen LogP contribution >= 0.6 is 0 Å². The zero-order chi connectivity index (χ0) is 20.1. The second-order valence-electron chi connectivity index (χ2n) is 7.28. The normalized spacial score (nSPS) is 11.0. The van der Waals surface area contributed by atoms with Gasteiger partial charge in [-0.15, -0.1) is 0 Å². The lowest BCUT2D eigenvalue weighted by Crippen LogP contribution is -2.27. The summed E-state index contributed by atoms with van der Waals surface area (Å²) >= 11 is 0. The maximum Gasteiger partial charge on any atom is 0.225 e. The molecule has 0 saturated carbocycles. The van der Waals surface area contributed by atoms with Crippen LogP contribution in [0.4, 0.5) is 17.5 Å². The van der Waals surface area contributed by atoms with Crippen LogP contribution in [0, 0.1) is 0 Å². The molecule has 0 fully saturated rings. The van der Waals surface area contributed by atoms with Gasteiger partial charge in [0, 0.05) is 41.7 Å². The molecule has 0 aliphatic carbocycles. The summed E-state index contributed by atoms with van der Waals surface area (Å²) in [6.07, 6.45) is 1.74. The van der Waals surface area contributed by atoms with E-state index in [1.807, 2.05) is 42.5 Å². The van der Waals surface area contributed by atoms with Crippen LogP contribution in [0.15, 0.2) is 48.7 Å². The van der Waals surface area contributed by atoms with Crippen LogP contribution in [0.5, 0.6) is 11.5 Å². The molecule has 0 bridgehead atoms. The lowest BCUT2D eigenvalue weighted by atomic mass is 10.1. The predicted octanol–water partition coefficient (Wildman–Crippen LogP) is 4.51. The molecule has 0 radical (unpaired) electrons. The number of pyridine rings is 1. The van der Waals surface area contributed by atoms with Gasteiger partial charge in [-0.25, -0.2) is 4.98 Å². The van der Waals surface area contributed by atoms with Crippen molar-refractivity contribution in [1.82, 2.24) is 15.0 Å². The highest BCUT2D eigenvalue weighted by Gasteiger charge is 2.14. The van der Waals surface area contributed by atoms with Gasteiger partial charge in [0.15, 0.2) is 0 Å². The number of nitrogens with zero attached hydrogens (tertiary/aromatic N) is 3. The molecule has 0 amide bonds. The molecule has 28 heavy (non-hydrogen) atoms. The second kappa shape index (κ2) is 8.12. The fourth-order valence-corrected chi connectivity index (χ4v) is 2.58. The van der Waals surface area contributed by atoms with Crippen LogP contribution in [0.3, 0.4) is 0 Å². The van der Waals surface area contributed by atoms with Gasteiger partial charge in [0.2, 0.25) is 5.95 Å². The lowest BCUT2D eigenvalue weighted by Gasteiger charge is -2.21. The number of hydrogen-bond acceptors (Lipinski definition) is 7. The van der Waals surface area contributed by atoms with E-state index in [0.717, 1.165) is 17.1 Å². The van der Waals surface area contributed by atoms with Crippen molar-refractivity contribution in [3.8, 4) is 22.9 Å². The average Bonchev–Trinajstić information content (AvgIpc) is 2.66. The molecule has 2 N–H and O–H groups in total. The Labute approximate surface area is 165 Å². The maximum atomic E-state index is 5.34. The number of rotatable bonds is 6. The molecule has 146 valence electrons. The van der Waals surface area contributed by atoms with E-state index in [1.165, 1.54) is 0 Å². The molecule has 0 unspecified atom stereocenters. The number of nitrogens with one attached hydrogen (secondary N) is 2. The molecule has 2 heterocycles. The number of methoxy groups -OCH3 is 2. The van der Waals surface area contributed by atoms with Crippen molar-refractivity contribution in [3.63, 3.8) is 0 Å². The van der Waals surface area contributed by atoms with Crippen LogP contribution < -0.4 is 20.1 Å². The average molecular weight is 379 g/mol. The Morgan fingerprint density at radius 2 is 1.57 bits per heavy atom. The van der Waals surface area contributed by atoms with Gasteiger partial charge in [0.25, 0.3) is 0 Å². The second-order valence-corrected chi connectivity index (χ2v) is 7.28. The summed E-state index contributed by atoms with van der Waals surface area (Å²) in [7, 11) is 3.24. The minimum Gasteiger partial charge on any atom is -0.497 e. The topological polar surface area (TPSA) is 81.2 Å². The van der Waals surface area contributed by atoms with Gasteiger partial charge in [-0.2, -0.15) is 4.98 Å². The van der Waals surface area contributed by atoms with E-state index in [1.54, 1.807) is 20.4 Å². The summed E-state index contributed by atoms with van der Waals surface area (Å²) in [5.41, 5.74) is 2.11. The van der Waals surface area contributed by atoms with Gasteiger partial charge in [-0.05, 0) is 32.9 Å². The van der Waals surface area contributed by atoms with Crippen LogP contribution in [0.1, 0.15) is 20.8 Å². The molecule has 3 rings (SSSR count). The predicted molar refractivity (Wildman–Crippen MR) is 111 cm³/mol.